The second-order valence-electron chi connectivity index (χ2n) is 6.40. The molecule has 2 aliphatic heterocycles. The average molecular weight is 310 g/mol. The van der Waals surface area contributed by atoms with Gasteiger partial charge in [-0.2, -0.15) is 0 Å². The second kappa shape index (κ2) is 7.42. The summed E-state index contributed by atoms with van der Waals surface area (Å²) < 4.78 is 11.0. The van der Waals surface area contributed by atoms with Gasteiger partial charge in [-0.25, -0.2) is 0 Å². The van der Waals surface area contributed by atoms with E-state index in [0.29, 0.717) is 32.8 Å². The molecule has 2 heterocycles. The largest absolute Gasteiger partial charge is 0.378 e. The zero-order valence-corrected chi connectivity index (χ0v) is 13.2. The van der Waals surface area contributed by atoms with Crippen LogP contribution in [0.15, 0.2) is 0 Å². The van der Waals surface area contributed by atoms with Crippen molar-refractivity contribution < 1.29 is 19.1 Å². The van der Waals surface area contributed by atoms with Crippen LogP contribution in [0.2, 0.25) is 0 Å². The maximum atomic E-state index is 12.6. The van der Waals surface area contributed by atoms with Crippen LogP contribution in [0.4, 0.5) is 0 Å². The summed E-state index contributed by atoms with van der Waals surface area (Å²) in [7, 11) is 0. The number of hydrogen-bond acceptors (Lipinski definition) is 4. The third-order valence-corrected chi connectivity index (χ3v) is 4.93. The first kappa shape index (κ1) is 15.7. The SMILES string of the molecule is O=C([C@H]1CCCN1C(=O)COC1CCCC1)N1CCOCC1. The van der Waals surface area contributed by atoms with Gasteiger partial charge in [-0.15, -0.1) is 0 Å². The first-order valence-electron chi connectivity index (χ1n) is 8.53. The maximum absolute atomic E-state index is 12.6. The number of hydrogen-bond donors (Lipinski definition) is 0. The van der Waals surface area contributed by atoms with Gasteiger partial charge in [-0.3, -0.25) is 9.59 Å². The normalized spacial score (nSPS) is 26.6. The molecule has 1 saturated carbocycles. The predicted molar refractivity (Wildman–Crippen MR) is 80.3 cm³/mol. The lowest BCUT2D eigenvalue weighted by atomic mass is 10.2. The third-order valence-electron chi connectivity index (χ3n) is 4.93. The molecule has 0 radical (unpaired) electrons. The van der Waals surface area contributed by atoms with E-state index in [1.54, 1.807) is 4.90 Å². The molecule has 3 fully saturated rings. The second-order valence-corrected chi connectivity index (χ2v) is 6.40. The molecule has 0 aromatic heterocycles. The highest BCUT2D eigenvalue weighted by atomic mass is 16.5. The van der Waals surface area contributed by atoms with E-state index in [9.17, 15) is 9.59 Å². The molecular formula is C16H26N2O4. The summed E-state index contributed by atoms with van der Waals surface area (Å²) in [5, 5.41) is 0. The van der Waals surface area contributed by atoms with Crippen molar-refractivity contribution in [2.45, 2.75) is 50.7 Å². The number of amides is 2. The molecule has 1 atom stereocenters. The van der Waals surface area contributed by atoms with Crippen LogP contribution in [0.3, 0.4) is 0 Å². The molecule has 3 aliphatic rings. The van der Waals surface area contributed by atoms with E-state index in [1.165, 1.54) is 12.8 Å². The molecule has 0 spiro atoms. The highest BCUT2D eigenvalue weighted by molar-refractivity contribution is 5.88. The number of ether oxygens (including phenoxy) is 2. The average Bonchev–Trinajstić information content (AvgIpc) is 3.24. The van der Waals surface area contributed by atoms with Crippen molar-refractivity contribution in [3.63, 3.8) is 0 Å². The number of carbonyl (C=O) groups excluding carboxylic acids is 2. The minimum Gasteiger partial charge on any atom is -0.378 e. The molecule has 0 aromatic rings. The minimum atomic E-state index is -0.294. The van der Waals surface area contributed by atoms with Gasteiger partial charge in [0.1, 0.15) is 12.6 Å². The van der Waals surface area contributed by atoms with Gasteiger partial charge in [0.25, 0.3) is 0 Å². The lowest BCUT2D eigenvalue weighted by molar-refractivity contribution is -0.149. The van der Waals surface area contributed by atoms with Crippen LogP contribution in [-0.4, -0.2) is 73.2 Å². The van der Waals surface area contributed by atoms with E-state index in [2.05, 4.69) is 0 Å². The van der Waals surface area contributed by atoms with Gasteiger partial charge in [0.15, 0.2) is 0 Å². The predicted octanol–water partition coefficient (Wildman–Crippen LogP) is 0.795. The standard InChI is InChI=1S/C16H26N2O4/c19-15(12-22-13-4-1-2-5-13)18-7-3-6-14(18)16(20)17-8-10-21-11-9-17/h13-14H,1-12H2/t14-/m1/s1. The molecule has 22 heavy (non-hydrogen) atoms. The molecule has 2 saturated heterocycles. The van der Waals surface area contributed by atoms with Crippen LogP contribution >= 0.6 is 0 Å². The van der Waals surface area contributed by atoms with Crippen LogP contribution in [-0.2, 0) is 19.1 Å². The van der Waals surface area contributed by atoms with E-state index in [-0.39, 0.29) is 30.6 Å². The van der Waals surface area contributed by atoms with Gasteiger partial charge in [0, 0.05) is 19.6 Å². The zero-order chi connectivity index (χ0) is 15.4. The Labute approximate surface area is 131 Å². The minimum absolute atomic E-state index is 0.0315. The summed E-state index contributed by atoms with van der Waals surface area (Å²) in [5.41, 5.74) is 0. The van der Waals surface area contributed by atoms with E-state index in [4.69, 9.17) is 9.47 Å². The van der Waals surface area contributed by atoms with E-state index < -0.39 is 0 Å². The fourth-order valence-electron chi connectivity index (χ4n) is 3.64. The summed E-state index contributed by atoms with van der Waals surface area (Å²) in [6.07, 6.45) is 6.41. The Hall–Kier alpha value is -1.14. The lowest BCUT2D eigenvalue weighted by Crippen LogP contribution is -2.51. The summed E-state index contributed by atoms with van der Waals surface area (Å²) in [4.78, 5) is 28.6. The molecule has 3 rings (SSSR count). The summed E-state index contributed by atoms with van der Waals surface area (Å²) >= 11 is 0. The Kier molecular flexibility index (Phi) is 5.31. The molecular weight excluding hydrogens is 284 g/mol. The van der Waals surface area contributed by atoms with Crippen molar-refractivity contribution >= 4 is 11.8 Å². The van der Waals surface area contributed by atoms with E-state index in [1.807, 2.05) is 4.90 Å². The Bertz CT molecular complexity index is 403. The van der Waals surface area contributed by atoms with Gasteiger partial charge in [0.2, 0.25) is 11.8 Å². The Morgan fingerprint density at radius 2 is 1.73 bits per heavy atom. The number of rotatable bonds is 4. The third kappa shape index (κ3) is 3.60. The molecule has 0 unspecified atom stereocenters. The Balaban J connectivity index is 1.52. The van der Waals surface area contributed by atoms with Crippen molar-refractivity contribution in [3.8, 4) is 0 Å². The van der Waals surface area contributed by atoms with Gasteiger partial charge >= 0.3 is 0 Å². The highest BCUT2D eigenvalue weighted by Crippen LogP contribution is 2.23. The summed E-state index contributed by atoms with van der Waals surface area (Å²) in [5.74, 6) is 0.0472. The summed E-state index contributed by atoms with van der Waals surface area (Å²) in [6.45, 7) is 3.26. The van der Waals surface area contributed by atoms with Crippen molar-refractivity contribution in [1.29, 1.82) is 0 Å². The summed E-state index contributed by atoms with van der Waals surface area (Å²) in [6, 6.07) is -0.294. The molecule has 0 N–H and O–H groups in total. The van der Waals surface area contributed by atoms with Crippen molar-refractivity contribution in [2.24, 2.45) is 0 Å². The molecule has 124 valence electrons. The monoisotopic (exact) mass is 310 g/mol. The van der Waals surface area contributed by atoms with Crippen molar-refractivity contribution in [3.05, 3.63) is 0 Å². The van der Waals surface area contributed by atoms with Crippen LogP contribution in [0.25, 0.3) is 0 Å². The number of nitrogens with zero attached hydrogens (tertiary/aromatic N) is 2. The molecule has 2 amide bonds. The van der Waals surface area contributed by atoms with Gasteiger partial charge in [0.05, 0.1) is 19.3 Å². The fourth-order valence-corrected chi connectivity index (χ4v) is 3.64. The fraction of sp³-hybridized carbons (Fsp3) is 0.875. The number of carbonyl (C=O) groups is 2. The topological polar surface area (TPSA) is 59.1 Å². The van der Waals surface area contributed by atoms with Crippen LogP contribution in [0.5, 0.6) is 0 Å². The maximum Gasteiger partial charge on any atom is 0.249 e. The van der Waals surface area contributed by atoms with Crippen molar-refractivity contribution in [2.75, 3.05) is 39.5 Å². The number of likely N-dealkylation sites (tertiary alicyclic amines) is 1. The van der Waals surface area contributed by atoms with Crippen molar-refractivity contribution in [1.82, 2.24) is 9.80 Å². The van der Waals surface area contributed by atoms with E-state index in [0.717, 1.165) is 25.7 Å². The van der Waals surface area contributed by atoms with Crippen LogP contribution < -0.4 is 0 Å². The zero-order valence-electron chi connectivity index (χ0n) is 13.2. The molecule has 6 heteroatoms. The molecule has 1 aliphatic carbocycles. The van der Waals surface area contributed by atoms with E-state index >= 15 is 0 Å². The Morgan fingerprint density at radius 1 is 1.00 bits per heavy atom. The highest BCUT2D eigenvalue weighted by Gasteiger charge is 2.37. The smallest absolute Gasteiger partial charge is 0.249 e. The van der Waals surface area contributed by atoms with Gasteiger partial charge in [-0.1, -0.05) is 12.8 Å². The van der Waals surface area contributed by atoms with Gasteiger partial charge in [-0.05, 0) is 25.7 Å². The first-order chi connectivity index (χ1) is 10.8. The van der Waals surface area contributed by atoms with Crippen LogP contribution in [0.1, 0.15) is 38.5 Å². The molecule has 0 aromatic carbocycles. The quantitative estimate of drug-likeness (QED) is 0.770. The Morgan fingerprint density at radius 3 is 2.45 bits per heavy atom. The van der Waals surface area contributed by atoms with Crippen LogP contribution in [0, 0.1) is 0 Å². The molecule has 0 bridgehead atoms. The molecule has 6 nitrogen and oxygen atoms in total. The van der Waals surface area contributed by atoms with Gasteiger partial charge < -0.3 is 19.3 Å². The first-order valence-corrected chi connectivity index (χ1v) is 8.53. The lowest BCUT2D eigenvalue weighted by Gasteiger charge is -2.32. The number of morpholine rings is 1.